The fraction of sp³-hybridized carbons (Fsp3) is 0.500. The smallest absolute Gasteiger partial charge is 0.417 e. The quantitative estimate of drug-likeness (QED) is 0.680. The van der Waals surface area contributed by atoms with E-state index in [1.54, 1.807) is 12.0 Å². The third-order valence-electron chi connectivity index (χ3n) is 6.90. The molecule has 2 aliphatic heterocycles. The van der Waals surface area contributed by atoms with Crippen molar-refractivity contribution in [1.29, 1.82) is 0 Å². The molecule has 4 rings (SSSR count). The topological polar surface area (TPSA) is 45.7 Å². The van der Waals surface area contributed by atoms with Crippen molar-refractivity contribution in [3.05, 3.63) is 58.4 Å². The molecule has 2 aromatic rings. The Morgan fingerprint density at radius 2 is 1.88 bits per heavy atom. The average Bonchev–Trinajstić information content (AvgIpc) is 2.79. The third kappa shape index (κ3) is 4.20. The first-order valence-corrected chi connectivity index (χ1v) is 10.9. The van der Waals surface area contributed by atoms with Gasteiger partial charge >= 0.3 is 6.18 Å². The maximum atomic E-state index is 12.9. The number of piperidine rings is 1. The molecule has 0 saturated carbocycles. The largest absolute Gasteiger partial charge is 0.496 e. The number of benzene rings is 1. The summed E-state index contributed by atoms with van der Waals surface area (Å²) in [6, 6.07) is 6.78. The van der Waals surface area contributed by atoms with E-state index in [0.717, 1.165) is 49.4 Å². The first-order chi connectivity index (χ1) is 15.2. The van der Waals surface area contributed by atoms with E-state index in [-0.39, 0.29) is 17.6 Å². The number of aromatic nitrogens is 1. The summed E-state index contributed by atoms with van der Waals surface area (Å²) in [7, 11) is 1.68. The number of piperazine rings is 1. The van der Waals surface area contributed by atoms with E-state index in [0.29, 0.717) is 19.1 Å². The van der Waals surface area contributed by atoms with Gasteiger partial charge in [0, 0.05) is 37.9 Å². The zero-order valence-electron chi connectivity index (χ0n) is 18.6. The first-order valence-electron chi connectivity index (χ1n) is 10.9. The lowest BCUT2D eigenvalue weighted by Gasteiger charge is -2.48. The van der Waals surface area contributed by atoms with Crippen LogP contribution in [0.3, 0.4) is 0 Å². The molecule has 2 saturated heterocycles. The third-order valence-corrected chi connectivity index (χ3v) is 6.90. The molecule has 1 aromatic heterocycles. The maximum absolute atomic E-state index is 12.9. The first kappa shape index (κ1) is 22.6. The molecule has 0 aliphatic carbocycles. The minimum absolute atomic E-state index is 0.0560. The number of hydrogen-bond acceptors (Lipinski definition) is 4. The molecular weight excluding hydrogens is 419 g/mol. The molecular formula is C24H28F3N3O2. The van der Waals surface area contributed by atoms with Crippen LogP contribution in [-0.2, 0) is 6.18 Å². The second-order valence-corrected chi connectivity index (χ2v) is 8.63. The van der Waals surface area contributed by atoms with Gasteiger partial charge in [-0.3, -0.25) is 14.7 Å². The van der Waals surface area contributed by atoms with Crippen LogP contribution in [0.1, 0.15) is 58.0 Å². The van der Waals surface area contributed by atoms with Gasteiger partial charge in [0.05, 0.1) is 12.7 Å². The number of hydrogen-bond donors (Lipinski definition) is 0. The number of nitrogens with zero attached hydrogens (tertiary/aromatic N) is 3. The summed E-state index contributed by atoms with van der Waals surface area (Å²) in [4.78, 5) is 20.9. The van der Waals surface area contributed by atoms with E-state index in [2.05, 4.69) is 29.8 Å². The van der Waals surface area contributed by atoms with Crippen molar-refractivity contribution >= 4 is 5.91 Å². The van der Waals surface area contributed by atoms with Crippen LogP contribution >= 0.6 is 0 Å². The predicted octanol–water partition coefficient (Wildman–Crippen LogP) is 4.78. The zero-order chi connectivity index (χ0) is 23.0. The van der Waals surface area contributed by atoms with Gasteiger partial charge in [0.15, 0.2) is 0 Å². The van der Waals surface area contributed by atoms with E-state index >= 15 is 0 Å². The molecule has 1 amide bonds. The summed E-state index contributed by atoms with van der Waals surface area (Å²) < 4.78 is 43.8. The molecule has 3 heterocycles. The Morgan fingerprint density at radius 3 is 2.53 bits per heavy atom. The van der Waals surface area contributed by atoms with Crippen molar-refractivity contribution in [1.82, 2.24) is 14.8 Å². The Kier molecular flexibility index (Phi) is 6.16. The number of alkyl halides is 3. The number of carbonyl (C=O) groups is 1. The van der Waals surface area contributed by atoms with Gasteiger partial charge in [-0.05, 0) is 68.0 Å². The molecule has 8 heteroatoms. The van der Waals surface area contributed by atoms with Crippen molar-refractivity contribution in [3.8, 4) is 5.75 Å². The Bertz CT molecular complexity index is 991. The van der Waals surface area contributed by atoms with Crippen LogP contribution in [0.4, 0.5) is 13.2 Å². The van der Waals surface area contributed by atoms with Gasteiger partial charge in [0.25, 0.3) is 5.91 Å². The summed E-state index contributed by atoms with van der Waals surface area (Å²) in [5.74, 6) is 0.579. The highest BCUT2D eigenvalue weighted by Gasteiger charge is 2.38. The molecule has 1 unspecified atom stereocenters. The molecule has 0 N–H and O–H groups in total. The molecule has 1 aromatic carbocycles. The second kappa shape index (κ2) is 8.73. The van der Waals surface area contributed by atoms with E-state index in [9.17, 15) is 18.0 Å². The van der Waals surface area contributed by atoms with Gasteiger partial charge in [0.2, 0.25) is 0 Å². The van der Waals surface area contributed by atoms with Crippen molar-refractivity contribution in [2.75, 3.05) is 26.7 Å². The molecule has 2 fully saturated rings. The highest BCUT2D eigenvalue weighted by Crippen LogP contribution is 2.39. The summed E-state index contributed by atoms with van der Waals surface area (Å²) >= 11 is 0. The number of carbonyl (C=O) groups excluding carboxylic acids is 1. The number of pyridine rings is 1. The SMILES string of the molecule is COc1ccc([C@H]2CCCC3CN(C(=O)c4ccc(C(F)(F)F)cn4)CCN32)c(C)c1C. The minimum Gasteiger partial charge on any atom is -0.496 e. The lowest BCUT2D eigenvalue weighted by Crippen LogP contribution is -2.57. The molecule has 0 spiro atoms. The highest BCUT2D eigenvalue weighted by molar-refractivity contribution is 5.92. The average molecular weight is 448 g/mol. The van der Waals surface area contributed by atoms with Crippen LogP contribution in [0, 0.1) is 13.8 Å². The lowest BCUT2D eigenvalue weighted by atomic mass is 9.86. The Hall–Kier alpha value is -2.61. The van der Waals surface area contributed by atoms with Gasteiger partial charge in [0.1, 0.15) is 11.4 Å². The molecule has 32 heavy (non-hydrogen) atoms. The van der Waals surface area contributed by atoms with Gasteiger partial charge in [-0.15, -0.1) is 0 Å². The number of methoxy groups -OCH3 is 1. The van der Waals surface area contributed by atoms with E-state index < -0.39 is 11.7 Å². The predicted molar refractivity (Wildman–Crippen MR) is 115 cm³/mol. The number of amides is 1. The number of rotatable bonds is 3. The molecule has 0 bridgehead atoms. The standard InChI is InChI=1S/C24H28F3N3O2/c1-15-16(2)22(32-3)10-8-19(15)21-6-4-5-18-14-29(11-12-30(18)21)23(31)20-9-7-17(13-28-20)24(25,26)27/h7-10,13,18,21H,4-6,11-12,14H2,1-3H3/t18?,21-/m1/s1. The monoisotopic (exact) mass is 447 g/mol. The zero-order valence-corrected chi connectivity index (χ0v) is 18.6. The Morgan fingerprint density at radius 1 is 1.09 bits per heavy atom. The number of fused-ring (bicyclic) bond motifs is 1. The summed E-state index contributed by atoms with van der Waals surface area (Å²) in [5.41, 5.74) is 2.90. The summed E-state index contributed by atoms with van der Waals surface area (Å²) in [5, 5.41) is 0. The lowest BCUT2D eigenvalue weighted by molar-refractivity contribution is -0.137. The maximum Gasteiger partial charge on any atom is 0.417 e. The minimum atomic E-state index is -4.46. The van der Waals surface area contributed by atoms with E-state index in [4.69, 9.17) is 4.74 Å². The Balaban J connectivity index is 1.49. The second-order valence-electron chi connectivity index (χ2n) is 8.63. The van der Waals surface area contributed by atoms with Gasteiger partial charge in [-0.2, -0.15) is 13.2 Å². The molecule has 0 radical (unpaired) electrons. The van der Waals surface area contributed by atoms with Crippen molar-refractivity contribution in [3.63, 3.8) is 0 Å². The number of halogens is 3. The summed E-state index contributed by atoms with van der Waals surface area (Å²) in [6.45, 7) is 6.03. The van der Waals surface area contributed by atoms with Crippen LogP contribution in [-0.4, -0.2) is 53.5 Å². The molecule has 5 nitrogen and oxygen atoms in total. The van der Waals surface area contributed by atoms with Crippen molar-refractivity contribution in [2.45, 2.75) is 51.4 Å². The fourth-order valence-corrected chi connectivity index (χ4v) is 5.02. The van der Waals surface area contributed by atoms with Crippen molar-refractivity contribution in [2.24, 2.45) is 0 Å². The van der Waals surface area contributed by atoms with Gasteiger partial charge in [-0.1, -0.05) is 6.07 Å². The van der Waals surface area contributed by atoms with Crippen molar-refractivity contribution < 1.29 is 22.7 Å². The highest BCUT2D eigenvalue weighted by atomic mass is 19.4. The molecule has 2 atom stereocenters. The van der Waals surface area contributed by atoms with E-state index in [1.165, 1.54) is 17.2 Å². The molecule has 2 aliphatic rings. The van der Waals surface area contributed by atoms with Crippen LogP contribution in [0.15, 0.2) is 30.5 Å². The molecule has 172 valence electrons. The fourth-order valence-electron chi connectivity index (χ4n) is 5.02. The van der Waals surface area contributed by atoms with Crippen LogP contribution in [0.25, 0.3) is 0 Å². The normalized spacial score (nSPS) is 21.9. The van der Waals surface area contributed by atoms with Crippen LogP contribution in [0.5, 0.6) is 5.75 Å². The van der Waals surface area contributed by atoms with Gasteiger partial charge in [-0.25, -0.2) is 0 Å². The Labute approximate surface area is 186 Å². The van der Waals surface area contributed by atoms with Crippen LogP contribution in [0.2, 0.25) is 0 Å². The number of ether oxygens (including phenoxy) is 1. The summed E-state index contributed by atoms with van der Waals surface area (Å²) in [6.07, 6.45) is -0.604. The van der Waals surface area contributed by atoms with Crippen LogP contribution < -0.4 is 4.74 Å². The van der Waals surface area contributed by atoms with E-state index in [1.807, 2.05) is 6.07 Å². The van der Waals surface area contributed by atoms with Gasteiger partial charge < -0.3 is 9.64 Å².